The minimum atomic E-state index is -0.0666. The van der Waals surface area contributed by atoms with E-state index in [0.717, 1.165) is 16.7 Å². The quantitative estimate of drug-likeness (QED) is 0.721. The van der Waals surface area contributed by atoms with Crippen LogP contribution in [0.5, 0.6) is 0 Å². The Labute approximate surface area is 151 Å². The molecule has 134 valence electrons. The van der Waals surface area contributed by atoms with Gasteiger partial charge in [0.1, 0.15) is 5.82 Å². The summed E-state index contributed by atoms with van der Waals surface area (Å²) >= 11 is 0. The minimum Gasteiger partial charge on any atom is -0.459 e. The normalized spacial score (nSPS) is 14.7. The molecule has 0 aliphatic carbocycles. The fraction of sp³-hybridized carbons (Fsp3) is 0.316. The molecule has 0 unspecified atom stereocenters. The lowest BCUT2D eigenvalue weighted by molar-refractivity contribution is 0.0714. The van der Waals surface area contributed by atoms with E-state index in [1.807, 2.05) is 48.2 Å². The molecule has 1 saturated heterocycles. The van der Waals surface area contributed by atoms with E-state index in [-0.39, 0.29) is 5.91 Å². The standard InChI is InChI=1S/C19H21N5O2/c1-22(2)17-14-6-3-4-7-15(14)20-19(21-17)24-11-9-23(10-12-24)18(25)16-8-5-13-26-16/h3-8,13H,9-12H2,1-2H3. The van der Waals surface area contributed by atoms with Gasteiger partial charge in [0, 0.05) is 45.7 Å². The molecule has 0 bridgehead atoms. The third-order valence-corrected chi connectivity index (χ3v) is 4.58. The highest BCUT2D eigenvalue weighted by atomic mass is 16.3. The topological polar surface area (TPSA) is 65.7 Å². The summed E-state index contributed by atoms with van der Waals surface area (Å²) in [5.74, 6) is 1.93. The van der Waals surface area contributed by atoms with Gasteiger partial charge in [0.2, 0.25) is 5.95 Å². The average molecular weight is 351 g/mol. The molecule has 1 aromatic carbocycles. The molecule has 4 rings (SSSR count). The van der Waals surface area contributed by atoms with E-state index in [1.165, 1.54) is 6.26 Å². The monoisotopic (exact) mass is 351 g/mol. The number of carbonyl (C=O) groups excluding carboxylic acids is 1. The number of para-hydroxylation sites is 1. The Kier molecular flexibility index (Phi) is 4.20. The average Bonchev–Trinajstić information content (AvgIpc) is 3.21. The third kappa shape index (κ3) is 2.96. The predicted octanol–water partition coefficient (Wildman–Crippen LogP) is 2.25. The van der Waals surface area contributed by atoms with Gasteiger partial charge in [-0.25, -0.2) is 4.98 Å². The van der Waals surface area contributed by atoms with Gasteiger partial charge in [-0.15, -0.1) is 0 Å². The molecule has 0 N–H and O–H groups in total. The van der Waals surface area contributed by atoms with E-state index in [9.17, 15) is 4.79 Å². The van der Waals surface area contributed by atoms with Crippen LogP contribution in [0.15, 0.2) is 47.1 Å². The van der Waals surface area contributed by atoms with Crippen molar-refractivity contribution >= 4 is 28.6 Å². The second kappa shape index (κ2) is 6.67. The number of hydrogen-bond acceptors (Lipinski definition) is 6. The lowest BCUT2D eigenvalue weighted by Crippen LogP contribution is -2.49. The van der Waals surface area contributed by atoms with Gasteiger partial charge in [-0.3, -0.25) is 4.79 Å². The summed E-state index contributed by atoms with van der Waals surface area (Å²) < 4.78 is 5.22. The van der Waals surface area contributed by atoms with Gasteiger partial charge in [-0.05, 0) is 24.3 Å². The molecule has 0 spiro atoms. The van der Waals surface area contributed by atoms with Gasteiger partial charge in [0.15, 0.2) is 5.76 Å². The molecule has 2 aromatic heterocycles. The van der Waals surface area contributed by atoms with Gasteiger partial charge in [-0.1, -0.05) is 12.1 Å². The number of rotatable bonds is 3. The largest absolute Gasteiger partial charge is 0.459 e. The molecular formula is C19H21N5O2. The first-order chi connectivity index (χ1) is 12.6. The van der Waals surface area contributed by atoms with Gasteiger partial charge in [-0.2, -0.15) is 4.98 Å². The Morgan fingerprint density at radius 1 is 1.04 bits per heavy atom. The van der Waals surface area contributed by atoms with Crippen molar-refractivity contribution in [2.24, 2.45) is 0 Å². The maximum atomic E-state index is 12.4. The SMILES string of the molecule is CN(C)c1nc(N2CCN(C(=O)c3ccco3)CC2)nc2ccccc12. The van der Waals surface area contributed by atoms with Crippen molar-refractivity contribution in [2.45, 2.75) is 0 Å². The second-order valence-electron chi connectivity index (χ2n) is 6.52. The Morgan fingerprint density at radius 3 is 2.50 bits per heavy atom. The number of anilines is 2. The molecule has 1 amide bonds. The molecule has 0 saturated carbocycles. The second-order valence-corrected chi connectivity index (χ2v) is 6.52. The molecule has 7 nitrogen and oxygen atoms in total. The van der Waals surface area contributed by atoms with Gasteiger partial charge in [0.05, 0.1) is 11.8 Å². The van der Waals surface area contributed by atoms with Crippen LogP contribution in [0.2, 0.25) is 0 Å². The first-order valence-electron chi connectivity index (χ1n) is 8.65. The predicted molar refractivity (Wildman–Crippen MR) is 101 cm³/mol. The van der Waals surface area contributed by atoms with Crippen LogP contribution >= 0.6 is 0 Å². The van der Waals surface area contributed by atoms with Crippen LogP contribution in [0.1, 0.15) is 10.6 Å². The molecule has 1 fully saturated rings. The summed E-state index contributed by atoms with van der Waals surface area (Å²) in [4.78, 5) is 27.8. The highest BCUT2D eigenvalue weighted by Crippen LogP contribution is 2.25. The molecule has 26 heavy (non-hydrogen) atoms. The summed E-state index contributed by atoms with van der Waals surface area (Å²) in [6.45, 7) is 2.62. The van der Waals surface area contributed by atoms with Gasteiger partial charge < -0.3 is 19.1 Å². The Bertz CT molecular complexity index is 915. The third-order valence-electron chi connectivity index (χ3n) is 4.58. The van der Waals surface area contributed by atoms with Crippen LogP contribution in [-0.2, 0) is 0 Å². The van der Waals surface area contributed by atoms with E-state index in [2.05, 4.69) is 4.90 Å². The number of piperazine rings is 1. The van der Waals surface area contributed by atoms with Gasteiger partial charge in [0.25, 0.3) is 5.91 Å². The van der Waals surface area contributed by atoms with Crippen LogP contribution in [0, 0.1) is 0 Å². The highest BCUT2D eigenvalue weighted by molar-refractivity contribution is 5.92. The van der Waals surface area contributed by atoms with E-state index in [4.69, 9.17) is 14.4 Å². The smallest absolute Gasteiger partial charge is 0.289 e. The van der Waals surface area contributed by atoms with Crippen LogP contribution in [-0.4, -0.2) is 61.0 Å². The van der Waals surface area contributed by atoms with Crippen LogP contribution in [0.3, 0.4) is 0 Å². The lowest BCUT2D eigenvalue weighted by Gasteiger charge is -2.34. The van der Waals surface area contributed by atoms with E-state index < -0.39 is 0 Å². The maximum Gasteiger partial charge on any atom is 0.289 e. The van der Waals surface area contributed by atoms with Gasteiger partial charge >= 0.3 is 0 Å². The summed E-state index contributed by atoms with van der Waals surface area (Å²) in [6.07, 6.45) is 1.52. The number of nitrogens with zero attached hydrogens (tertiary/aromatic N) is 5. The Hall–Kier alpha value is -3.09. The molecule has 0 atom stereocenters. The zero-order valence-corrected chi connectivity index (χ0v) is 14.9. The van der Waals surface area contributed by atoms with Crippen molar-refractivity contribution in [1.82, 2.24) is 14.9 Å². The molecule has 3 aromatic rings. The van der Waals surface area contributed by atoms with Crippen LogP contribution in [0.25, 0.3) is 10.9 Å². The van der Waals surface area contributed by atoms with Crippen LogP contribution < -0.4 is 9.80 Å². The van der Waals surface area contributed by atoms with Crippen molar-refractivity contribution in [3.8, 4) is 0 Å². The van der Waals surface area contributed by atoms with Crippen molar-refractivity contribution in [3.05, 3.63) is 48.4 Å². The van der Waals surface area contributed by atoms with Crippen molar-refractivity contribution < 1.29 is 9.21 Å². The highest BCUT2D eigenvalue weighted by Gasteiger charge is 2.25. The fourth-order valence-corrected chi connectivity index (χ4v) is 3.20. The first kappa shape index (κ1) is 16.4. The number of fused-ring (bicyclic) bond motifs is 1. The molecule has 0 radical (unpaired) electrons. The summed E-state index contributed by atoms with van der Waals surface area (Å²) in [6, 6.07) is 11.5. The molecule has 1 aliphatic rings. The molecule has 3 heterocycles. The number of hydrogen-bond donors (Lipinski definition) is 0. The maximum absolute atomic E-state index is 12.4. The Morgan fingerprint density at radius 2 is 1.81 bits per heavy atom. The summed E-state index contributed by atoms with van der Waals surface area (Å²) in [7, 11) is 3.97. The number of carbonyl (C=O) groups is 1. The van der Waals surface area contributed by atoms with E-state index in [1.54, 1.807) is 12.1 Å². The fourth-order valence-electron chi connectivity index (χ4n) is 3.20. The number of aromatic nitrogens is 2. The van der Waals surface area contributed by atoms with E-state index in [0.29, 0.717) is 37.9 Å². The lowest BCUT2D eigenvalue weighted by atomic mass is 10.2. The summed E-state index contributed by atoms with van der Waals surface area (Å²) in [5, 5.41) is 1.04. The van der Waals surface area contributed by atoms with Crippen molar-refractivity contribution in [2.75, 3.05) is 50.1 Å². The first-order valence-corrected chi connectivity index (χ1v) is 8.65. The zero-order valence-electron chi connectivity index (χ0n) is 14.9. The molecule has 7 heteroatoms. The summed E-state index contributed by atoms with van der Waals surface area (Å²) in [5.41, 5.74) is 0.926. The number of furan rings is 1. The molecular weight excluding hydrogens is 330 g/mol. The number of amides is 1. The molecule has 1 aliphatic heterocycles. The van der Waals surface area contributed by atoms with Crippen LogP contribution in [0.4, 0.5) is 11.8 Å². The van der Waals surface area contributed by atoms with Crippen molar-refractivity contribution in [3.63, 3.8) is 0 Å². The zero-order chi connectivity index (χ0) is 18.1. The van der Waals surface area contributed by atoms with E-state index >= 15 is 0 Å². The minimum absolute atomic E-state index is 0.0666. The number of benzene rings is 1. The Balaban J connectivity index is 1.55. The van der Waals surface area contributed by atoms with Crippen molar-refractivity contribution in [1.29, 1.82) is 0 Å².